The Balaban J connectivity index is 1.53. The molecule has 2 amide bonds. The average molecular weight is 571 g/mol. The van der Waals surface area contributed by atoms with Crippen LogP contribution in [-0.2, 0) is 9.59 Å². The number of nitrogens with zero attached hydrogens (tertiary/aromatic N) is 2. The molecule has 4 rings (SSSR count). The topological polar surface area (TPSA) is 87.2 Å². The lowest BCUT2D eigenvalue weighted by Crippen LogP contribution is -2.46. The fraction of sp³-hybridized carbons (Fsp3) is 0.300. The summed E-state index contributed by atoms with van der Waals surface area (Å²) in [5.41, 5.74) is 2.50. The van der Waals surface area contributed by atoms with E-state index in [9.17, 15) is 23.2 Å². The number of carboxylic acid groups (broad SMARTS) is 1. The summed E-state index contributed by atoms with van der Waals surface area (Å²) in [6.07, 6.45) is -0.552. The monoisotopic (exact) mass is 570 g/mol. The second-order valence-corrected chi connectivity index (χ2v) is 10.00. The molecule has 0 aromatic heterocycles. The largest absolute Gasteiger partial charge is 0.493 e. The second kappa shape index (κ2) is 12.0. The van der Waals surface area contributed by atoms with Crippen LogP contribution < -0.4 is 14.5 Å². The van der Waals surface area contributed by atoms with Gasteiger partial charge in [0.05, 0.1) is 18.9 Å². The minimum atomic E-state index is -3.88. The first-order valence-electron chi connectivity index (χ1n) is 12.9. The fourth-order valence-corrected chi connectivity index (χ4v) is 4.99. The number of halogens is 3. The van der Waals surface area contributed by atoms with Gasteiger partial charge in [-0.05, 0) is 80.4 Å². The molecule has 0 unspecified atom stereocenters. The number of ether oxygens (including phenoxy) is 1. The van der Waals surface area contributed by atoms with E-state index < -0.39 is 30.8 Å². The molecule has 2 atom stereocenters. The van der Waals surface area contributed by atoms with E-state index in [0.717, 1.165) is 11.3 Å². The van der Waals surface area contributed by atoms with E-state index in [-0.39, 0.29) is 23.6 Å². The van der Waals surface area contributed by atoms with Gasteiger partial charge in [-0.2, -0.15) is 8.78 Å². The Morgan fingerprint density at radius 3 is 2.33 bits per heavy atom. The van der Waals surface area contributed by atoms with Crippen molar-refractivity contribution in [2.75, 3.05) is 23.0 Å². The lowest BCUT2D eigenvalue weighted by Gasteiger charge is -2.40. The Kier molecular flexibility index (Phi) is 8.73. The Labute approximate surface area is 235 Å². The molecule has 3 aromatic carbocycles. The van der Waals surface area contributed by atoms with Crippen LogP contribution in [0.3, 0.4) is 0 Å². The first-order valence-corrected chi connectivity index (χ1v) is 13.2. The number of para-hydroxylation sites is 1. The first kappa shape index (κ1) is 29.0. The van der Waals surface area contributed by atoms with Crippen LogP contribution in [0.4, 0.5) is 20.2 Å². The van der Waals surface area contributed by atoms with Gasteiger partial charge in [0.1, 0.15) is 5.75 Å². The Hall–Kier alpha value is -3.98. The molecule has 0 saturated heterocycles. The third kappa shape index (κ3) is 6.09. The zero-order valence-corrected chi connectivity index (χ0v) is 22.8. The SMILES string of the molecule is CCN(C(=O)[C@H]1C[C@H](C)N(C(=O)c2ccc(OCCC(F)(F)C(=O)O)cc2)c2ccccc21)c1ccc(Cl)cc1. The van der Waals surface area contributed by atoms with Crippen molar-refractivity contribution < 1.29 is 33.0 Å². The fourth-order valence-electron chi connectivity index (χ4n) is 4.87. The number of carbonyl (C=O) groups is 3. The van der Waals surface area contributed by atoms with Gasteiger partial charge < -0.3 is 19.6 Å². The van der Waals surface area contributed by atoms with Crippen molar-refractivity contribution in [2.45, 2.75) is 44.6 Å². The van der Waals surface area contributed by atoms with E-state index in [4.69, 9.17) is 21.4 Å². The van der Waals surface area contributed by atoms with Gasteiger partial charge in [-0.15, -0.1) is 0 Å². The third-order valence-corrected chi connectivity index (χ3v) is 7.18. The Morgan fingerprint density at radius 1 is 1.05 bits per heavy atom. The number of alkyl halides is 2. The van der Waals surface area contributed by atoms with Gasteiger partial charge >= 0.3 is 11.9 Å². The number of fused-ring (bicyclic) bond motifs is 1. The molecule has 0 fully saturated rings. The van der Waals surface area contributed by atoms with Gasteiger partial charge in [0, 0.05) is 34.5 Å². The number of benzene rings is 3. The van der Waals surface area contributed by atoms with Crippen LogP contribution in [0.25, 0.3) is 0 Å². The zero-order chi connectivity index (χ0) is 29.0. The van der Waals surface area contributed by atoms with E-state index >= 15 is 0 Å². The van der Waals surface area contributed by atoms with Gasteiger partial charge in [0.2, 0.25) is 5.91 Å². The number of anilines is 2. The first-order chi connectivity index (χ1) is 19.0. The minimum Gasteiger partial charge on any atom is -0.493 e. The highest BCUT2D eigenvalue weighted by Crippen LogP contribution is 2.41. The smallest absolute Gasteiger partial charge is 0.374 e. The molecule has 0 radical (unpaired) electrons. The molecule has 1 heterocycles. The van der Waals surface area contributed by atoms with Crippen molar-refractivity contribution in [3.63, 3.8) is 0 Å². The predicted octanol–water partition coefficient (Wildman–Crippen LogP) is 6.40. The van der Waals surface area contributed by atoms with E-state index in [0.29, 0.717) is 29.2 Å². The zero-order valence-electron chi connectivity index (χ0n) is 22.0. The molecule has 1 N–H and O–H groups in total. The standard InChI is InChI=1S/C30H29ClF2N2O5/c1-3-34(22-12-10-21(31)11-13-22)28(37)25-18-19(2)35(26-7-5-4-6-24(25)26)27(36)20-8-14-23(15-9-20)40-17-16-30(32,33)29(38)39/h4-15,19,25H,3,16-18H2,1-2H3,(H,38,39)/t19-,25-/m0/s1. The molecule has 3 aromatic rings. The summed E-state index contributed by atoms with van der Waals surface area (Å²) in [5, 5.41) is 9.11. The molecule has 1 aliphatic heterocycles. The van der Waals surface area contributed by atoms with Crippen LogP contribution in [0, 0.1) is 0 Å². The molecule has 7 nitrogen and oxygen atoms in total. The van der Waals surface area contributed by atoms with Crippen LogP contribution in [0.2, 0.25) is 5.02 Å². The number of carboxylic acids is 1. The summed E-state index contributed by atoms with van der Waals surface area (Å²) in [4.78, 5) is 41.4. The van der Waals surface area contributed by atoms with Crippen molar-refractivity contribution in [1.29, 1.82) is 0 Å². The van der Waals surface area contributed by atoms with Gasteiger partial charge in [-0.1, -0.05) is 29.8 Å². The van der Waals surface area contributed by atoms with Gasteiger partial charge in [0.25, 0.3) is 5.91 Å². The quantitative estimate of drug-likeness (QED) is 0.321. The highest BCUT2D eigenvalue weighted by Gasteiger charge is 2.39. The lowest BCUT2D eigenvalue weighted by atomic mass is 9.84. The van der Waals surface area contributed by atoms with Crippen molar-refractivity contribution in [2.24, 2.45) is 0 Å². The van der Waals surface area contributed by atoms with Crippen LogP contribution in [0.5, 0.6) is 5.75 Å². The van der Waals surface area contributed by atoms with Crippen molar-refractivity contribution >= 4 is 40.8 Å². The molecule has 1 aliphatic rings. The molecule has 0 saturated carbocycles. The highest BCUT2D eigenvalue weighted by molar-refractivity contribution is 6.30. The molecule has 210 valence electrons. The summed E-state index contributed by atoms with van der Waals surface area (Å²) in [7, 11) is 0. The number of likely N-dealkylation sites (N-methyl/N-ethyl adjacent to an activating group) is 1. The van der Waals surface area contributed by atoms with Crippen LogP contribution in [0.15, 0.2) is 72.8 Å². The summed E-state index contributed by atoms with van der Waals surface area (Å²) in [5.74, 6) is -6.64. The number of rotatable bonds is 9. The van der Waals surface area contributed by atoms with Crippen LogP contribution >= 0.6 is 11.6 Å². The molecule has 0 aliphatic carbocycles. The Bertz CT molecular complexity index is 1380. The number of aliphatic carboxylic acids is 1. The van der Waals surface area contributed by atoms with E-state index in [2.05, 4.69) is 0 Å². The Morgan fingerprint density at radius 2 is 1.70 bits per heavy atom. The minimum absolute atomic E-state index is 0.0637. The van der Waals surface area contributed by atoms with Gasteiger partial charge in [-0.3, -0.25) is 9.59 Å². The van der Waals surface area contributed by atoms with Crippen molar-refractivity contribution in [3.05, 3.63) is 88.9 Å². The number of carbonyl (C=O) groups excluding carboxylic acids is 2. The maximum absolute atomic E-state index is 13.8. The van der Waals surface area contributed by atoms with Crippen molar-refractivity contribution in [3.8, 4) is 5.75 Å². The summed E-state index contributed by atoms with van der Waals surface area (Å²) < 4.78 is 31.8. The highest BCUT2D eigenvalue weighted by atomic mass is 35.5. The summed E-state index contributed by atoms with van der Waals surface area (Å²) in [6, 6.07) is 20.2. The molecular weight excluding hydrogens is 542 g/mol. The number of hydrogen-bond acceptors (Lipinski definition) is 4. The van der Waals surface area contributed by atoms with Gasteiger partial charge in [0.15, 0.2) is 0 Å². The molecule has 0 spiro atoms. The lowest BCUT2D eigenvalue weighted by molar-refractivity contribution is -0.166. The molecule has 0 bridgehead atoms. The van der Waals surface area contributed by atoms with Crippen LogP contribution in [-0.4, -0.2) is 48.0 Å². The molecular formula is C30H29ClF2N2O5. The van der Waals surface area contributed by atoms with Crippen molar-refractivity contribution in [1.82, 2.24) is 0 Å². The van der Waals surface area contributed by atoms with E-state index in [1.165, 1.54) is 24.3 Å². The average Bonchev–Trinajstić information content (AvgIpc) is 2.94. The van der Waals surface area contributed by atoms with Gasteiger partial charge in [-0.25, -0.2) is 4.79 Å². The summed E-state index contributed by atoms with van der Waals surface area (Å²) in [6.45, 7) is 3.78. The van der Waals surface area contributed by atoms with Crippen LogP contribution in [0.1, 0.15) is 48.5 Å². The normalized spacial score (nSPS) is 16.7. The van der Waals surface area contributed by atoms with E-state index in [1.54, 1.807) is 21.9 Å². The second-order valence-electron chi connectivity index (χ2n) is 9.56. The predicted molar refractivity (Wildman–Crippen MR) is 149 cm³/mol. The number of amides is 2. The third-order valence-electron chi connectivity index (χ3n) is 6.93. The summed E-state index contributed by atoms with van der Waals surface area (Å²) >= 11 is 6.03. The van der Waals surface area contributed by atoms with E-state index in [1.807, 2.05) is 50.2 Å². The molecule has 40 heavy (non-hydrogen) atoms. The number of hydrogen-bond donors (Lipinski definition) is 1. The maximum Gasteiger partial charge on any atom is 0.374 e. The molecule has 10 heteroatoms. The maximum atomic E-state index is 13.8.